The van der Waals surface area contributed by atoms with Gasteiger partial charge in [0, 0.05) is 15.5 Å². The number of nitrogen functional groups attached to an aromatic ring is 1. The van der Waals surface area contributed by atoms with Crippen molar-refractivity contribution in [3.05, 3.63) is 53.6 Å². The average molecular weight is 301 g/mol. The first-order valence-corrected chi connectivity index (χ1v) is 7.50. The zero-order valence-electron chi connectivity index (χ0n) is 12.4. The number of hydrogen-bond donors (Lipinski definition) is 2. The number of nitrogens with two attached hydrogens (primary N) is 1. The summed E-state index contributed by atoms with van der Waals surface area (Å²) in [6, 6.07) is 13.0. The largest absolute Gasteiger partial charge is 0.478 e. The van der Waals surface area contributed by atoms with E-state index in [4.69, 9.17) is 5.73 Å². The van der Waals surface area contributed by atoms with E-state index in [9.17, 15) is 9.90 Å². The van der Waals surface area contributed by atoms with Gasteiger partial charge >= 0.3 is 5.97 Å². The monoisotopic (exact) mass is 301 g/mol. The summed E-state index contributed by atoms with van der Waals surface area (Å²) in [5.41, 5.74) is 7.94. The summed E-state index contributed by atoms with van der Waals surface area (Å²) in [4.78, 5) is 12.9. The molecule has 0 heterocycles. The molecule has 0 amide bonds. The van der Waals surface area contributed by atoms with E-state index in [2.05, 4.69) is 32.9 Å². The summed E-state index contributed by atoms with van der Waals surface area (Å²) >= 11 is 1.42. The van der Waals surface area contributed by atoms with Crippen LogP contribution in [-0.4, -0.2) is 11.1 Å². The van der Waals surface area contributed by atoms with Gasteiger partial charge in [0.1, 0.15) is 0 Å². The van der Waals surface area contributed by atoms with Crippen LogP contribution in [0.4, 0.5) is 5.69 Å². The summed E-state index contributed by atoms with van der Waals surface area (Å²) in [6.07, 6.45) is 0. The standard InChI is InChI=1S/C17H19NO2S/c1-17(2,3)11-4-7-13(8-5-11)21-15-10-12(18)6-9-14(15)16(19)20/h4-10H,18H2,1-3H3,(H,19,20). The number of anilines is 1. The minimum absolute atomic E-state index is 0.104. The Morgan fingerprint density at radius 3 is 2.24 bits per heavy atom. The Hall–Kier alpha value is -1.94. The number of aromatic carboxylic acids is 1. The van der Waals surface area contributed by atoms with E-state index in [1.807, 2.05) is 12.1 Å². The summed E-state index contributed by atoms with van der Waals surface area (Å²) in [5, 5.41) is 9.23. The SMILES string of the molecule is CC(C)(C)c1ccc(Sc2cc(N)ccc2C(=O)O)cc1. The molecule has 0 spiro atoms. The molecular formula is C17H19NO2S. The quantitative estimate of drug-likeness (QED) is 0.824. The van der Waals surface area contributed by atoms with Crippen molar-refractivity contribution in [1.29, 1.82) is 0 Å². The molecule has 0 radical (unpaired) electrons. The maximum Gasteiger partial charge on any atom is 0.336 e. The van der Waals surface area contributed by atoms with Crippen molar-refractivity contribution >= 4 is 23.4 Å². The number of hydrogen-bond acceptors (Lipinski definition) is 3. The van der Waals surface area contributed by atoms with E-state index in [0.29, 0.717) is 10.6 Å². The minimum Gasteiger partial charge on any atom is -0.478 e. The predicted molar refractivity (Wildman–Crippen MR) is 87.1 cm³/mol. The Morgan fingerprint density at radius 2 is 1.71 bits per heavy atom. The third kappa shape index (κ3) is 3.79. The van der Waals surface area contributed by atoms with Crippen LogP contribution in [-0.2, 0) is 5.41 Å². The van der Waals surface area contributed by atoms with Gasteiger partial charge in [0.05, 0.1) is 5.56 Å². The van der Waals surface area contributed by atoms with Crippen molar-refractivity contribution in [2.24, 2.45) is 0 Å². The second-order valence-corrected chi connectivity index (χ2v) is 7.05. The molecular weight excluding hydrogens is 282 g/mol. The fourth-order valence-corrected chi connectivity index (χ4v) is 2.94. The van der Waals surface area contributed by atoms with Gasteiger partial charge in [-0.05, 0) is 41.3 Å². The molecule has 0 aliphatic carbocycles. The van der Waals surface area contributed by atoms with Crippen LogP contribution in [0, 0.1) is 0 Å². The summed E-state index contributed by atoms with van der Waals surface area (Å²) < 4.78 is 0. The van der Waals surface area contributed by atoms with Crippen molar-refractivity contribution in [3.63, 3.8) is 0 Å². The Morgan fingerprint density at radius 1 is 1.10 bits per heavy atom. The highest BCUT2D eigenvalue weighted by Gasteiger charge is 2.14. The van der Waals surface area contributed by atoms with Crippen LogP contribution in [0.2, 0.25) is 0 Å². The van der Waals surface area contributed by atoms with Gasteiger partial charge in [-0.25, -0.2) is 4.79 Å². The third-order valence-electron chi connectivity index (χ3n) is 3.18. The van der Waals surface area contributed by atoms with Gasteiger partial charge in [0.2, 0.25) is 0 Å². The van der Waals surface area contributed by atoms with Crippen LogP contribution in [0.5, 0.6) is 0 Å². The molecule has 3 nitrogen and oxygen atoms in total. The zero-order chi connectivity index (χ0) is 15.6. The molecule has 4 heteroatoms. The van der Waals surface area contributed by atoms with Crippen molar-refractivity contribution < 1.29 is 9.90 Å². The van der Waals surface area contributed by atoms with E-state index >= 15 is 0 Å². The molecule has 3 N–H and O–H groups in total. The molecule has 2 aromatic carbocycles. The number of benzene rings is 2. The summed E-state index contributed by atoms with van der Waals surface area (Å²) in [6.45, 7) is 6.49. The molecule has 0 bridgehead atoms. The number of rotatable bonds is 3. The van der Waals surface area contributed by atoms with Gasteiger partial charge in [-0.3, -0.25) is 0 Å². The second-order valence-electron chi connectivity index (χ2n) is 5.94. The van der Waals surface area contributed by atoms with Crippen LogP contribution in [0.15, 0.2) is 52.3 Å². The topological polar surface area (TPSA) is 63.3 Å². The Bertz CT molecular complexity index is 657. The Labute approximate surface area is 129 Å². The number of carboxylic acids is 1. The van der Waals surface area contributed by atoms with Crippen LogP contribution >= 0.6 is 11.8 Å². The Kier molecular flexibility index (Phi) is 4.28. The van der Waals surface area contributed by atoms with E-state index in [1.165, 1.54) is 17.3 Å². The van der Waals surface area contributed by atoms with Gasteiger partial charge in [0.25, 0.3) is 0 Å². The predicted octanol–water partition coefficient (Wildman–Crippen LogP) is 4.42. The molecule has 0 fully saturated rings. The molecule has 2 aromatic rings. The highest BCUT2D eigenvalue weighted by molar-refractivity contribution is 7.99. The molecule has 0 aliphatic heterocycles. The minimum atomic E-state index is -0.941. The third-order valence-corrected chi connectivity index (χ3v) is 4.25. The van der Waals surface area contributed by atoms with Crippen LogP contribution in [0.1, 0.15) is 36.7 Å². The van der Waals surface area contributed by atoms with E-state index in [1.54, 1.807) is 18.2 Å². The van der Waals surface area contributed by atoms with Gasteiger partial charge in [0.15, 0.2) is 0 Å². The molecule has 0 aromatic heterocycles. The smallest absolute Gasteiger partial charge is 0.336 e. The first kappa shape index (κ1) is 15.4. The van der Waals surface area contributed by atoms with Crippen LogP contribution in [0.3, 0.4) is 0 Å². The molecule has 110 valence electrons. The average Bonchev–Trinajstić information content (AvgIpc) is 2.38. The lowest BCUT2D eigenvalue weighted by Crippen LogP contribution is -2.10. The lowest BCUT2D eigenvalue weighted by Gasteiger charge is -2.19. The highest BCUT2D eigenvalue weighted by Crippen LogP contribution is 2.33. The van der Waals surface area contributed by atoms with Gasteiger partial charge in [-0.1, -0.05) is 44.7 Å². The van der Waals surface area contributed by atoms with Crippen molar-refractivity contribution in [3.8, 4) is 0 Å². The first-order chi connectivity index (χ1) is 9.77. The molecule has 0 unspecified atom stereocenters. The molecule has 0 aliphatic rings. The second kappa shape index (κ2) is 5.82. The van der Waals surface area contributed by atoms with Crippen molar-refractivity contribution in [2.45, 2.75) is 36.0 Å². The Balaban J connectivity index is 2.30. The molecule has 2 rings (SSSR count). The molecule has 21 heavy (non-hydrogen) atoms. The van der Waals surface area contributed by atoms with Gasteiger partial charge in [-0.15, -0.1) is 0 Å². The lowest BCUT2D eigenvalue weighted by atomic mass is 9.87. The lowest BCUT2D eigenvalue weighted by molar-refractivity contribution is 0.0693. The number of carboxylic acid groups (broad SMARTS) is 1. The van der Waals surface area contributed by atoms with Crippen molar-refractivity contribution in [1.82, 2.24) is 0 Å². The first-order valence-electron chi connectivity index (χ1n) is 6.68. The fourth-order valence-electron chi connectivity index (χ4n) is 1.95. The highest BCUT2D eigenvalue weighted by atomic mass is 32.2. The fraction of sp³-hybridized carbons (Fsp3) is 0.235. The van der Waals surface area contributed by atoms with Gasteiger partial charge in [-0.2, -0.15) is 0 Å². The molecule has 0 saturated heterocycles. The normalized spacial score (nSPS) is 11.4. The molecule has 0 atom stereocenters. The summed E-state index contributed by atoms with van der Waals surface area (Å²) in [7, 11) is 0. The summed E-state index contributed by atoms with van der Waals surface area (Å²) in [5.74, 6) is -0.941. The van der Waals surface area contributed by atoms with Crippen molar-refractivity contribution in [2.75, 3.05) is 5.73 Å². The van der Waals surface area contributed by atoms with Crippen LogP contribution < -0.4 is 5.73 Å². The molecule has 0 saturated carbocycles. The van der Waals surface area contributed by atoms with E-state index in [-0.39, 0.29) is 11.0 Å². The van der Waals surface area contributed by atoms with E-state index < -0.39 is 5.97 Å². The van der Waals surface area contributed by atoms with E-state index in [0.717, 1.165) is 4.90 Å². The maximum atomic E-state index is 11.3. The van der Waals surface area contributed by atoms with Gasteiger partial charge < -0.3 is 10.8 Å². The maximum absolute atomic E-state index is 11.3. The zero-order valence-corrected chi connectivity index (χ0v) is 13.2. The van der Waals surface area contributed by atoms with Crippen LogP contribution in [0.25, 0.3) is 0 Å². The number of carbonyl (C=O) groups is 1.